The second-order valence-corrected chi connectivity index (χ2v) is 11.6. The van der Waals surface area contributed by atoms with Gasteiger partial charge < -0.3 is 0 Å². The molecule has 2 aromatic heterocycles. The third-order valence-electron chi connectivity index (χ3n) is 4.23. The summed E-state index contributed by atoms with van der Waals surface area (Å²) in [5.74, 6) is -0.332. The SMILES string of the molecule is CC(C)N1C(=O)c2ccc(C(=O)Nc3nnc(SCc4cccs4)s3)cc2S1(=O)=O. The molecule has 0 fully saturated rings. The molecule has 12 heteroatoms. The van der Waals surface area contributed by atoms with E-state index in [1.165, 1.54) is 46.2 Å². The van der Waals surface area contributed by atoms with Crippen molar-refractivity contribution >= 4 is 61.4 Å². The minimum atomic E-state index is -3.97. The number of amides is 2. The Kier molecular flexibility index (Phi) is 5.66. The van der Waals surface area contributed by atoms with Crippen LogP contribution >= 0.6 is 34.4 Å². The maximum atomic E-state index is 12.7. The number of nitrogens with zero attached hydrogens (tertiary/aromatic N) is 3. The van der Waals surface area contributed by atoms with E-state index in [4.69, 9.17) is 0 Å². The Morgan fingerprint density at radius 3 is 2.77 bits per heavy atom. The summed E-state index contributed by atoms with van der Waals surface area (Å²) in [6.45, 7) is 3.25. The van der Waals surface area contributed by atoms with Crippen molar-refractivity contribution in [3.05, 3.63) is 51.7 Å². The van der Waals surface area contributed by atoms with Crippen molar-refractivity contribution < 1.29 is 18.0 Å². The van der Waals surface area contributed by atoms with Gasteiger partial charge >= 0.3 is 0 Å². The number of fused-ring (bicyclic) bond motifs is 1. The molecule has 156 valence electrons. The Bertz CT molecular complexity index is 1220. The second-order valence-electron chi connectivity index (χ2n) is 6.61. The zero-order valence-corrected chi connectivity index (χ0v) is 19.1. The fourth-order valence-corrected chi connectivity index (χ4v) is 7.23. The van der Waals surface area contributed by atoms with Crippen LogP contribution in [-0.2, 0) is 15.8 Å². The van der Waals surface area contributed by atoms with E-state index in [2.05, 4.69) is 15.5 Å². The van der Waals surface area contributed by atoms with Crippen molar-refractivity contribution in [2.24, 2.45) is 0 Å². The lowest BCUT2D eigenvalue weighted by Crippen LogP contribution is -2.36. The molecule has 0 saturated carbocycles. The average Bonchev–Trinajstić information content (AvgIpc) is 3.40. The summed E-state index contributed by atoms with van der Waals surface area (Å²) >= 11 is 4.42. The molecule has 0 bridgehead atoms. The fraction of sp³-hybridized carbons (Fsp3) is 0.222. The largest absolute Gasteiger partial charge is 0.296 e. The molecule has 0 spiro atoms. The van der Waals surface area contributed by atoms with Crippen molar-refractivity contribution in [3.63, 3.8) is 0 Å². The molecule has 3 heterocycles. The third kappa shape index (κ3) is 3.87. The van der Waals surface area contributed by atoms with Crippen LogP contribution in [0.1, 0.15) is 39.4 Å². The van der Waals surface area contributed by atoms with Crippen molar-refractivity contribution in [3.8, 4) is 0 Å². The molecule has 1 aliphatic rings. The fourth-order valence-electron chi connectivity index (χ4n) is 2.92. The van der Waals surface area contributed by atoms with E-state index in [1.54, 1.807) is 25.2 Å². The van der Waals surface area contributed by atoms with Crippen molar-refractivity contribution in [2.45, 2.75) is 34.9 Å². The highest BCUT2D eigenvalue weighted by Gasteiger charge is 2.42. The highest BCUT2D eigenvalue weighted by molar-refractivity contribution is 8.00. The number of thioether (sulfide) groups is 1. The van der Waals surface area contributed by atoms with E-state index in [1.807, 2.05) is 17.5 Å². The molecule has 1 N–H and O–H groups in total. The van der Waals surface area contributed by atoms with Crippen LogP contribution in [0, 0.1) is 0 Å². The number of benzene rings is 1. The molecule has 0 saturated heterocycles. The molecule has 0 unspecified atom stereocenters. The summed E-state index contributed by atoms with van der Waals surface area (Å²) in [7, 11) is -3.97. The first kappa shape index (κ1) is 21.0. The normalized spacial score (nSPS) is 14.9. The van der Waals surface area contributed by atoms with E-state index < -0.39 is 27.9 Å². The van der Waals surface area contributed by atoms with Gasteiger partial charge in [-0.15, -0.1) is 21.5 Å². The van der Waals surface area contributed by atoms with E-state index in [9.17, 15) is 18.0 Å². The first-order valence-corrected chi connectivity index (χ1v) is 12.9. The van der Waals surface area contributed by atoms with Gasteiger partial charge in [0.2, 0.25) is 5.13 Å². The van der Waals surface area contributed by atoms with E-state index in [-0.39, 0.29) is 16.0 Å². The van der Waals surface area contributed by atoms with Crippen molar-refractivity contribution in [1.82, 2.24) is 14.5 Å². The molecule has 8 nitrogen and oxygen atoms in total. The number of carbonyl (C=O) groups is 2. The molecule has 3 aromatic rings. The lowest BCUT2D eigenvalue weighted by atomic mass is 10.1. The van der Waals surface area contributed by atoms with Crippen LogP contribution in [0.15, 0.2) is 44.9 Å². The summed E-state index contributed by atoms with van der Waals surface area (Å²) in [6.07, 6.45) is 0. The predicted molar refractivity (Wildman–Crippen MR) is 117 cm³/mol. The van der Waals surface area contributed by atoms with E-state index in [0.717, 1.165) is 10.1 Å². The molecule has 0 radical (unpaired) electrons. The highest BCUT2D eigenvalue weighted by atomic mass is 32.2. The van der Waals surface area contributed by atoms with Crippen LogP contribution < -0.4 is 5.32 Å². The van der Waals surface area contributed by atoms with Gasteiger partial charge in [-0.1, -0.05) is 29.2 Å². The Morgan fingerprint density at radius 2 is 2.07 bits per heavy atom. The van der Waals surface area contributed by atoms with Crippen molar-refractivity contribution in [2.75, 3.05) is 5.32 Å². The van der Waals surface area contributed by atoms with Gasteiger partial charge in [0.05, 0.1) is 5.56 Å². The summed E-state index contributed by atoms with van der Waals surface area (Å²) in [4.78, 5) is 26.1. The smallest absolute Gasteiger partial charge is 0.269 e. The van der Waals surface area contributed by atoms with E-state index in [0.29, 0.717) is 9.47 Å². The molecular weight excluding hydrogens is 464 g/mol. The van der Waals surface area contributed by atoms with Gasteiger partial charge in [-0.3, -0.25) is 14.9 Å². The topological polar surface area (TPSA) is 109 Å². The highest BCUT2D eigenvalue weighted by Crippen LogP contribution is 2.33. The molecule has 1 aromatic carbocycles. The molecule has 30 heavy (non-hydrogen) atoms. The number of sulfonamides is 1. The summed E-state index contributed by atoms with van der Waals surface area (Å²) < 4.78 is 26.9. The number of rotatable bonds is 6. The quantitative estimate of drug-likeness (QED) is 0.423. The molecule has 0 atom stereocenters. The number of carbonyl (C=O) groups excluding carboxylic acids is 2. The van der Waals surface area contributed by atoms with Crippen LogP contribution in [0.2, 0.25) is 0 Å². The zero-order valence-electron chi connectivity index (χ0n) is 15.9. The number of anilines is 1. The summed E-state index contributed by atoms with van der Waals surface area (Å²) in [5, 5.41) is 13.0. The minimum absolute atomic E-state index is 0.0726. The van der Waals surface area contributed by atoms with Gasteiger partial charge in [0, 0.05) is 22.2 Å². The molecule has 4 rings (SSSR count). The lowest BCUT2D eigenvalue weighted by Gasteiger charge is -2.18. The Labute approximate surface area is 185 Å². The number of aromatic nitrogens is 2. The molecule has 2 amide bonds. The zero-order chi connectivity index (χ0) is 21.5. The molecule has 1 aliphatic heterocycles. The molecular formula is C18H16N4O4S4. The Balaban J connectivity index is 1.49. The van der Waals surface area contributed by atoms with E-state index >= 15 is 0 Å². The minimum Gasteiger partial charge on any atom is -0.296 e. The number of hydrogen-bond acceptors (Lipinski definition) is 9. The van der Waals surface area contributed by atoms with Crippen LogP contribution in [0.5, 0.6) is 0 Å². The van der Waals surface area contributed by atoms with Crippen molar-refractivity contribution in [1.29, 1.82) is 0 Å². The second kappa shape index (κ2) is 8.10. The first-order valence-electron chi connectivity index (χ1n) is 8.80. The maximum Gasteiger partial charge on any atom is 0.269 e. The maximum absolute atomic E-state index is 12.7. The van der Waals surface area contributed by atoms with Crippen LogP contribution in [-0.4, -0.2) is 40.8 Å². The van der Waals surface area contributed by atoms with Gasteiger partial charge in [0.25, 0.3) is 21.8 Å². The standard InChI is InChI=1S/C18H16N4O4S4/c1-10(2)22-16(24)13-6-5-11(8-14(13)30(22,25)26)15(23)19-17-20-21-18(29-17)28-9-12-4-3-7-27-12/h3-8,10H,9H2,1-2H3,(H,19,20,23). The average molecular weight is 481 g/mol. The Hall–Kier alpha value is -2.28. The monoisotopic (exact) mass is 480 g/mol. The lowest BCUT2D eigenvalue weighted by molar-refractivity contribution is 0.0846. The van der Waals surface area contributed by atoms with Gasteiger partial charge in [-0.05, 0) is 43.5 Å². The molecule has 0 aliphatic carbocycles. The predicted octanol–water partition coefficient (Wildman–Crippen LogP) is 3.70. The summed E-state index contributed by atoms with van der Waals surface area (Å²) in [6, 6.07) is 7.53. The van der Waals surface area contributed by atoms with Gasteiger partial charge in [-0.2, -0.15) is 0 Å². The van der Waals surface area contributed by atoms with Crippen LogP contribution in [0.4, 0.5) is 5.13 Å². The van der Waals surface area contributed by atoms with Crippen LogP contribution in [0.25, 0.3) is 0 Å². The number of nitrogens with one attached hydrogen (secondary N) is 1. The van der Waals surface area contributed by atoms with Gasteiger partial charge in [-0.25, -0.2) is 12.7 Å². The number of thiophene rings is 1. The Morgan fingerprint density at radius 1 is 1.27 bits per heavy atom. The van der Waals surface area contributed by atoms with Gasteiger partial charge in [0.15, 0.2) is 4.34 Å². The third-order valence-corrected chi connectivity index (χ3v) is 9.30. The number of hydrogen-bond donors (Lipinski definition) is 1. The summed E-state index contributed by atoms with van der Waals surface area (Å²) in [5.41, 5.74) is 0.196. The first-order chi connectivity index (χ1) is 14.3. The van der Waals surface area contributed by atoms with Crippen LogP contribution in [0.3, 0.4) is 0 Å². The van der Waals surface area contributed by atoms with Gasteiger partial charge in [0.1, 0.15) is 4.90 Å².